The van der Waals surface area contributed by atoms with Gasteiger partial charge in [-0.3, -0.25) is 4.79 Å². The number of halogens is 1. The molecule has 2 aromatic rings. The van der Waals surface area contributed by atoms with Crippen molar-refractivity contribution in [3.8, 4) is 0 Å². The maximum Gasteiger partial charge on any atom is 0.328 e. The van der Waals surface area contributed by atoms with Crippen LogP contribution in [0.2, 0.25) is 0 Å². The van der Waals surface area contributed by atoms with Crippen LogP contribution < -0.4 is 21.3 Å². The monoisotopic (exact) mass is 419 g/mol. The Kier molecular flexibility index (Phi) is 7.84. The van der Waals surface area contributed by atoms with E-state index < -0.39 is 23.7 Å². The first-order valence-corrected chi connectivity index (χ1v) is 9.30. The number of primary amides is 1. The van der Waals surface area contributed by atoms with Gasteiger partial charge in [0.05, 0.1) is 13.7 Å². The summed E-state index contributed by atoms with van der Waals surface area (Å²) in [7, 11) is 2.88. The van der Waals surface area contributed by atoms with Gasteiger partial charge in [0.15, 0.2) is 0 Å². The van der Waals surface area contributed by atoms with E-state index in [0.717, 1.165) is 0 Å². The number of hydrogen-bond acceptors (Lipinski definition) is 9. The fraction of sp³-hybridized carbons (Fsp3) is 0.421. The van der Waals surface area contributed by atoms with Gasteiger partial charge in [0, 0.05) is 12.7 Å². The van der Waals surface area contributed by atoms with E-state index in [1.807, 2.05) is 13.8 Å². The molecule has 0 radical (unpaired) electrons. The Balaban J connectivity index is 2.39. The largest absolute Gasteiger partial charge is 0.467 e. The van der Waals surface area contributed by atoms with Crippen LogP contribution in [0, 0.1) is 11.7 Å². The zero-order chi connectivity index (χ0) is 22.3. The number of nitrogens with two attached hydrogens (primary N) is 1. The standard InChI is InChI=1S/C19H26FN7O3/c1-11(2)8-14(16(29)30-4)23-18-24-17(22-13-7-5-6-12(20)9-13)25-19(26-18)27(3)10-15(21)28/h5-7,9,11,14H,8,10H2,1-4H3,(H2,21,28)(H2,22,23,24,25,26)/t14-/m0/s1. The second-order valence-corrected chi connectivity index (χ2v) is 7.09. The first-order valence-electron chi connectivity index (χ1n) is 9.30. The predicted molar refractivity (Wildman–Crippen MR) is 111 cm³/mol. The second kappa shape index (κ2) is 10.3. The van der Waals surface area contributed by atoms with Crippen molar-refractivity contribution in [1.29, 1.82) is 0 Å². The lowest BCUT2D eigenvalue weighted by Crippen LogP contribution is -2.34. The Morgan fingerprint density at radius 3 is 2.53 bits per heavy atom. The molecule has 0 aliphatic rings. The highest BCUT2D eigenvalue weighted by Crippen LogP contribution is 2.19. The first kappa shape index (κ1) is 22.8. The lowest BCUT2D eigenvalue weighted by molar-refractivity contribution is -0.141. The SMILES string of the molecule is COC(=O)[C@H](CC(C)C)Nc1nc(Nc2cccc(F)c2)nc(N(C)CC(N)=O)n1. The number of methoxy groups -OCH3 is 1. The molecule has 0 fully saturated rings. The van der Waals surface area contributed by atoms with Gasteiger partial charge in [-0.2, -0.15) is 15.0 Å². The van der Waals surface area contributed by atoms with Crippen LogP contribution in [-0.4, -0.2) is 53.6 Å². The molecule has 1 aromatic heterocycles. The van der Waals surface area contributed by atoms with Crippen LogP contribution in [0.3, 0.4) is 0 Å². The number of hydrogen-bond donors (Lipinski definition) is 3. The normalized spacial score (nSPS) is 11.7. The van der Waals surface area contributed by atoms with Crippen molar-refractivity contribution < 1.29 is 18.7 Å². The number of carbonyl (C=O) groups is 2. The summed E-state index contributed by atoms with van der Waals surface area (Å²) >= 11 is 0. The van der Waals surface area contributed by atoms with Gasteiger partial charge in [0.25, 0.3) is 0 Å². The number of nitrogens with one attached hydrogen (secondary N) is 2. The van der Waals surface area contributed by atoms with Gasteiger partial charge < -0.3 is 26.0 Å². The zero-order valence-electron chi connectivity index (χ0n) is 17.3. The van der Waals surface area contributed by atoms with E-state index in [0.29, 0.717) is 12.1 Å². The second-order valence-electron chi connectivity index (χ2n) is 7.09. The molecular formula is C19H26FN7O3. The van der Waals surface area contributed by atoms with Gasteiger partial charge in [-0.05, 0) is 30.5 Å². The van der Waals surface area contributed by atoms with Crippen molar-refractivity contribution in [1.82, 2.24) is 15.0 Å². The van der Waals surface area contributed by atoms with Crippen LogP contribution in [0.1, 0.15) is 20.3 Å². The molecule has 11 heteroatoms. The van der Waals surface area contributed by atoms with Gasteiger partial charge in [0.2, 0.25) is 23.8 Å². The molecular weight excluding hydrogens is 393 g/mol. The molecule has 0 aliphatic heterocycles. The summed E-state index contributed by atoms with van der Waals surface area (Å²) in [5.41, 5.74) is 5.67. The summed E-state index contributed by atoms with van der Waals surface area (Å²) in [6.07, 6.45) is 0.484. The van der Waals surface area contributed by atoms with Crippen LogP contribution in [0.4, 0.5) is 27.9 Å². The van der Waals surface area contributed by atoms with Crippen molar-refractivity contribution in [2.45, 2.75) is 26.3 Å². The molecule has 1 amide bonds. The van der Waals surface area contributed by atoms with Gasteiger partial charge in [-0.25, -0.2) is 9.18 Å². The van der Waals surface area contributed by atoms with Gasteiger partial charge in [-0.15, -0.1) is 0 Å². The van der Waals surface area contributed by atoms with Gasteiger partial charge in [-0.1, -0.05) is 19.9 Å². The molecule has 0 saturated carbocycles. The van der Waals surface area contributed by atoms with Crippen LogP contribution in [0.5, 0.6) is 0 Å². The van der Waals surface area contributed by atoms with Gasteiger partial charge in [0.1, 0.15) is 11.9 Å². The minimum Gasteiger partial charge on any atom is -0.467 e. The molecule has 1 heterocycles. The number of aromatic nitrogens is 3. The van der Waals surface area contributed by atoms with E-state index in [-0.39, 0.29) is 30.3 Å². The fourth-order valence-electron chi connectivity index (χ4n) is 2.64. The Hall–Kier alpha value is -3.50. The van der Waals surface area contributed by atoms with E-state index in [2.05, 4.69) is 25.6 Å². The Morgan fingerprint density at radius 1 is 1.23 bits per heavy atom. The number of rotatable bonds is 10. The Morgan fingerprint density at radius 2 is 1.93 bits per heavy atom. The third kappa shape index (κ3) is 6.83. The number of amides is 1. The quantitative estimate of drug-likeness (QED) is 0.491. The number of carbonyl (C=O) groups excluding carboxylic acids is 2. The molecule has 10 nitrogen and oxygen atoms in total. The van der Waals surface area contributed by atoms with Crippen molar-refractivity contribution in [2.75, 3.05) is 36.2 Å². The average Bonchev–Trinajstić information content (AvgIpc) is 2.65. The topological polar surface area (TPSA) is 135 Å². The molecule has 1 aromatic carbocycles. The molecule has 0 saturated heterocycles. The summed E-state index contributed by atoms with van der Waals surface area (Å²) in [4.78, 5) is 37.6. The van der Waals surface area contributed by atoms with Crippen molar-refractivity contribution in [2.24, 2.45) is 11.7 Å². The molecule has 0 unspecified atom stereocenters. The lowest BCUT2D eigenvalue weighted by atomic mass is 10.0. The number of benzene rings is 1. The van der Waals surface area contributed by atoms with Crippen LogP contribution >= 0.6 is 0 Å². The van der Waals surface area contributed by atoms with Crippen LogP contribution in [0.15, 0.2) is 24.3 Å². The maximum atomic E-state index is 13.5. The highest BCUT2D eigenvalue weighted by atomic mass is 19.1. The van der Waals surface area contributed by atoms with E-state index >= 15 is 0 Å². The van der Waals surface area contributed by atoms with E-state index in [1.54, 1.807) is 13.1 Å². The number of nitrogens with zero attached hydrogens (tertiary/aromatic N) is 4. The highest BCUT2D eigenvalue weighted by Gasteiger charge is 2.23. The van der Waals surface area contributed by atoms with Crippen molar-refractivity contribution in [3.05, 3.63) is 30.1 Å². The van der Waals surface area contributed by atoms with Crippen molar-refractivity contribution in [3.63, 3.8) is 0 Å². The smallest absolute Gasteiger partial charge is 0.328 e. The van der Waals surface area contributed by atoms with Crippen LogP contribution in [-0.2, 0) is 14.3 Å². The maximum absolute atomic E-state index is 13.5. The van der Waals surface area contributed by atoms with E-state index in [9.17, 15) is 14.0 Å². The number of ether oxygens (including phenoxy) is 1. The summed E-state index contributed by atoms with van der Waals surface area (Å²) in [6, 6.07) is 5.08. The molecule has 0 bridgehead atoms. The molecule has 4 N–H and O–H groups in total. The molecule has 1 atom stereocenters. The third-order valence-electron chi connectivity index (χ3n) is 3.93. The summed E-state index contributed by atoms with van der Waals surface area (Å²) in [5.74, 6) is -0.941. The van der Waals surface area contributed by atoms with E-state index in [1.165, 1.54) is 30.2 Å². The molecule has 0 spiro atoms. The zero-order valence-corrected chi connectivity index (χ0v) is 17.3. The van der Waals surface area contributed by atoms with E-state index in [4.69, 9.17) is 10.5 Å². The Bertz CT molecular complexity index is 894. The number of esters is 1. The molecule has 2 rings (SSSR count). The molecule has 0 aliphatic carbocycles. The minimum atomic E-state index is -0.686. The fourth-order valence-corrected chi connectivity index (χ4v) is 2.64. The number of anilines is 4. The van der Waals surface area contributed by atoms with Gasteiger partial charge >= 0.3 is 5.97 Å². The summed E-state index contributed by atoms with van der Waals surface area (Å²) < 4.78 is 18.4. The van der Waals surface area contributed by atoms with Crippen LogP contribution in [0.25, 0.3) is 0 Å². The first-order chi connectivity index (χ1) is 14.2. The minimum absolute atomic E-state index is 0.0891. The predicted octanol–water partition coefficient (Wildman–Crippen LogP) is 1.68. The third-order valence-corrected chi connectivity index (χ3v) is 3.93. The summed E-state index contributed by atoms with van der Waals surface area (Å²) in [5, 5.41) is 5.84. The molecule has 162 valence electrons. The highest BCUT2D eigenvalue weighted by molar-refractivity contribution is 5.79. The molecule has 30 heavy (non-hydrogen) atoms. The lowest BCUT2D eigenvalue weighted by Gasteiger charge is -2.20. The summed E-state index contributed by atoms with van der Waals surface area (Å²) in [6.45, 7) is 3.80. The average molecular weight is 419 g/mol. The van der Waals surface area contributed by atoms with Crippen molar-refractivity contribution >= 4 is 35.4 Å². The Labute approximate surface area is 174 Å². The number of likely N-dealkylation sites (N-methyl/N-ethyl adjacent to an activating group) is 1.